The molecule has 0 spiro atoms. The molecule has 0 radical (unpaired) electrons. The molecule has 0 atom stereocenters. The highest BCUT2D eigenvalue weighted by Crippen LogP contribution is 2.31. The number of carbonyl (C=O) groups excluding carboxylic acids is 1. The van der Waals surface area contributed by atoms with E-state index in [-0.39, 0.29) is 10.5 Å². The molecule has 0 aliphatic heterocycles. The third kappa shape index (κ3) is 4.12. The molecule has 0 fully saturated rings. The first-order valence-electron chi connectivity index (χ1n) is 8.88. The monoisotopic (exact) mass is 436 g/mol. The molecule has 0 unspecified atom stereocenters. The van der Waals surface area contributed by atoms with E-state index in [4.69, 9.17) is 0 Å². The number of rotatable bonds is 5. The SMILES string of the molecule is CS(=O)(=O)c1cccc(C(=O)N(c2ccccc2)c2nc(-c3ccccn3)ns2)c1. The molecule has 9 heteroatoms. The van der Waals surface area contributed by atoms with Crippen molar-refractivity contribution in [2.24, 2.45) is 0 Å². The van der Waals surface area contributed by atoms with Crippen LogP contribution < -0.4 is 4.90 Å². The predicted molar refractivity (Wildman–Crippen MR) is 116 cm³/mol. The zero-order valence-electron chi connectivity index (χ0n) is 15.8. The Balaban J connectivity index is 1.79. The van der Waals surface area contributed by atoms with Crippen LogP contribution in [-0.2, 0) is 9.84 Å². The first kappa shape index (κ1) is 19.9. The highest BCUT2D eigenvalue weighted by Gasteiger charge is 2.25. The molecule has 2 heterocycles. The number of carbonyl (C=O) groups is 1. The van der Waals surface area contributed by atoms with Crippen molar-refractivity contribution in [3.8, 4) is 11.5 Å². The molecule has 0 saturated heterocycles. The molecule has 150 valence electrons. The average Bonchev–Trinajstić information content (AvgIpc) is 3.24. The summed E-state index contributed by atoms with van der Waals surface area (Å²) in [7, 11) is -3.45. The molecule has 0 N–H and O–H groups in total. The smallest absolute Gasteiger partial charge is 0.264 e. The first-order valence-corrected chi connectivity index (χ1v) is 11.5. The molecule has 1 amide bonds. The molecule has 4 rings (SSSR count). The van der Waals surface area contributed by atoms with Crippen LogP contribution in [0.2, 0.25) is 0 Å². The van der Waals surface area contributed by atoms with E-state index in [0.29, 0.717) is 22.3 Å². The van der Waals surface area contributed by atoms with Crippen LogP contribution >= 0.6 is 11.5 Å². The number of aromatic nitrogens is 3. The maximum Gasteiger partial charge on any atom is 0.264 e. The van der Waals surface area contributed by atoms with Gasteiger partial charge in [-0.1, -0.05) is 30.3 Å². The lowest BCUT2D eigenvalue weighted by Gasteiger charge is -2.19. The van der Waals surface area contributed by atoms with E-state index in [2.05, 4.69) is 14.3 Å². The van der Waals surface area contributed by atoms with Gasteiger partial charge in [0, 0.05) is 29.5 Å². The summed E-state index contributed by atoms with van der Waals surface area (Å²) < 4.78 is 28.2. The van der Waals surface area contributed by atoms with Crippen LogP contribution in [0.5, 0.6) is 0 Å². The second-order valence-electron chi connectivity index (χ2n) is 6.39. The number of para-hydroxylation sites is 1. The van der Waals surface area contributed by atoms with Gasteiger partial charge in [0.2, 0.25) is 5.13 Å². The van der Waals surface area contributed by atoms with Gasteiger partial charge < -0.3 is 0 Å². The van der Waals surface area contributed by atoms with Gasteiger partial charge in [0.1, 0.15) is 5.69 Å². The second kappa shape index (κ2) is 8.13. The van der Waals surface area contributed by atoms with Gasteiger partial charge in [0.25, 0.3) is 5.91 Å². The Bertz CT molecular complexity index is 1290. The molecule has 30 heavy (non-hydrogen) atoms. The number of sulfone groups is 1. The third-order valence-corrected chi connectivity index (χ3v) is 6.04. The van der Waals surface area contributed by atoms with Crippen molar-refractivity contribution in [2.45, 2.75) is 4.90 Å². The molecule has 0 saturated carbocycles. The van der Waals surface area contributed by atoms with Crippen molar-refractivity contribution in [3.63, 3.8) is 0 Å². The Kier molecular flexibility index (Phi) is 5.39. The van der Waals surface area contributed by atoms with E-state index < -0.39 is 15.7 Å². The molecule has 2 aromatic heterocycles. The molecule has 0 aliphatic rings. The predicted octanol–water partition coefficient (Wildman–Crippen LogP) is 3.98. The van der Waals surface area contributed by atoms with E-state index in [9.17, 15) is 13.2 Å². The normalized spacial score (nSPS) is 11.2. The topological polar surface area (TPSA) is 93.1 Å². The average molecular weight is 437 g/mol. The fourth-order valence-corrected chi connectivity index (χ4v) is 4.15. The zero-order chi connectivity index (χ0) is 21.1. The van der Waals surface area contributed by atoms with E-state index in [1.54, 1.807) is 42.6 Å². The Morgan fingerprint density at radius 3 is 2.43 bits per heavy atom. The van der Waals surface area contributed by atoms with Gasteiger partial charge in [0.15, 0.2) is 15.7 Å². The van der Waals surface area contributed by atoms with Crippen LogP contribution in [0.25, 0.3) is 11.5 Å². The van der Waals surface area contributed by atoms with Crippen molar-refractivity contribution < 1.29 is 13.2 Å². The largest absolute Gasteiger partial charge is 0.268 e. The summed E-state index contributed by atoms with van der Waals surface area (Å²) in [5.74, 6) is 0.00430. The molecular formula is C21H16N4O3S2. The molecular weight excluding hydrogens is 420 g/mol. The maximum absolute atomic E-state index is 13.4. The van der Waals surface area contributed by atoms with E-state index in [1.165, 1.54) is 17.0 Å². The van der Waals surface area contributed by atoms with Gasteiger partial charge in [-0.3, -0.25) is 14.7 Å². The lowest BCUT2D eigenvalue weighted by Crippen LogP contribution is -2.26. The van der Waals surface area contributed by atoms with E-state index in [1.807, 2.05) is 24.3 Å². The van der Waals surface area contributed by atoms with E-state index >= 15 is 0 Å². The Morgan fingerprint density at radius 1 is 0.967 bits per heavy atom. The van der Waals surface area contributed by atoms with Crippen molar-refractivity contribution in [1.29, 1.82) is 0 Å². The number of nitrogens with zero attached hydrogens (tertiary/aromatic N) is 4. The third-order valence-electron chi connectivity index (χ3n) is 4.23. The molecule has 0 bridgehead atoms. The minimum atomic E-state index is -3.45. The minimum Gasteiger partial charge on any atom is -0.268 e. The Hall–Kier alpha value is -3.43. The summed E-state index contributed by atoms with van der Waals surface area (Å²) in [6, 6.07) is 20.4. The van der Waals surface area contributed by atoms with Crippen LogP contribution in [0.4, 0.5) is 10.8 Å². The number of hydrogen-bond acceptors (Lipinski definition) is 7. The highest BCUT2D eigenvalue weighted by molar-refractivity contribution is 7.90. The number of pyridine rings is 1. The number of amides is 1. The van der Waals surface area contributed by atoms with Gasteiger partial charge in [-0.05, 0) is 42.5 Å². The maximum atomic E-state index is 13.4. The summed E-state index contributed by atoms with van der Waals surface area (Å²) in [5, 5.41) is 0.358. The summed E-state index contributed by atoms with van der Waals surface area (Å²) in [4.78, 5) is 23.7. The van der Waals surface area contributed by atoms with Crippen molar-refractivity contribution >= 4 is 38.1 Å². The summed E-state index contributed by atoms with van der Waals surface area (Å²) in [6.45, 7) is 0. The summed E-state index contributed by atoms with van der Waals surface area (Å²) in [5.41, 5.74) is 1.42. The van der Waals surface area contributed by atoms with Crippen molar-refractivity contribution in [1.82, 2.24) is 14.3 Å². The van der Waals surface area contributed by atoms with Gasteiger partial charge in [-0.2, -0.15) is 9.36 Å². The molecule has 2 aromatic carbocycles. The minimum absolute atomic E-state index is 0.0767. The fourth-order valence-electron chi connectivity index (χ4n) is 2.79. The first-order chi connectivity index (χ1) is 14.4. The number of benzene rings is 2. The standard InChI is InChI=1S/C21H16N4O3S2/c1-30(27,28)17-11-7-8-15(14-17)20(26)25(16-9-3-2-4-10-16)21-23-19(24-29-21)18-12-5-6-13-22-18/h2-14H,1H3. The van der Waals surface area contributed by atoms with Crippen LogP contribution in [0.15, 0.2) is 83.9 Å². The molecule has 4 aromatic rings. The van der Waals surface area contributed by atoms with Gasteiger partial charge in [0.05, 0.1) is 10.6 Å². The lowest BCUT2D eigenvalue weighted by atomic mass is 10.2. The Morgan fingerprint density at radius 2 is 1.73 bits per heavy atom. The van der Waals surface area contributed by atoms with Crippen molar-refractivity contribution in [3.05, 3.63) is 84.6 Å². The van der Waals surface area contributed by atoms with Gasteiger partial charge in [-0.25, -0.2) is 8.42 Å². The number of anilines is 2. The highest BCUT2D eigenvalue weighted by atomic mass is 32.2. The fraction of sp³-hybridized carbons (Fsp3) is 0.0476. The van der Waals surface area contributed by atoms with Gasteiger partial charge >= 0.3 is 0 Å². The van der Waals surface area contributed by atoms with Gasteiger partial charge in [-0.15, -0.1) is 0 Å². The summed E-state index contributed by atoms with van der Waals surface area (Å²) in [6.07, 6.45) is 2.75. The summed E-state index contributed by atoms with van der Waals surface area (Å²) >= 11 is 1.07. The quantitative estimate of drug-likeness (QED) is 0.470. The van der Waals surface area contributed by atoms with Crippen LogP contribution in [-0.4, -0.2) is 34.9 Å². The lowest BCUT2D eigenvalue weighted by molar-refractivity contribution is 0.0999. The van der Waals surface area contributed by atoms with Crippen LogP contribution in [0, 0.1) is 0 Å². The zero-order valence-corrected chi connectivity index (χ0v) is 17.5. The van der Waals surface area contributed by atoms with Crippen molar-refractivity contribution in [2.75, 3.05) is 11.2 Å². The Labute approximate surface area is 177 Å². The second-order valence-corrected chi connectivity index (χ2v) is 9.14. The molecule has 7 nitrogen and oxygen atoms in total. The van der Waals surface area contributed by atoms with Crippen LogP contribution in [0.1, 0.15) is 10.4 Å². The van der Waals surface area contributed by atoms with E-state index in [0.717, 1.165) is 17.8 Å². The van der Waals surface area contributed by atoms with Crippen LogP contribution in [0.3, 0.4) is 0 Å². The number of hydrogen-bond donors (Lipinski definition) is 0. The molecule has 0 aliphatic carbocycles.